The lowest BCUT2D eigenvalue weighted by atomic mass is 10.2. The molecule has 0 heterocycles. The van der Waals surface area contributed by atoms with Crippen LogP contribution in [0.15, 0.2) is 54.8 Å². The maximum Gasteiger partial charge on any atom is 0.280 e. The molecule has 0 aliphatic carbocycles. The summed E-state index contributed by atoms with van der Waals surface area (Å²) in [5, 5.41) is 21.5. The Morgan fingerprint density at radius 2 is 1.75 bits per heavy atom. The Morgan fingerprint density at radius 1 is 1.20 bits per heavy atom. The Kier molecular flexibility index (Phi) is 5.16. The number of nitro groups is 2. The average molecular weight is 276 g/mol. The van der Waals surface area contributed by atoms with Crippen LogP contribution in [0.2, 0.25) is 0 Å². The molecule has 7 nitrogen and oxygen atoms in total. The summed E-state index contributed by atoms with van der Waals surface area (Å²) < 4.78 is 5.37. The number of allylic oxidation sites excluding steroid dienone is 4. The van der Waals surface area contributed by atoms with E-state index in [2.05, 4.69) is 6.58 Å². The van der Waals surface area contributed by atoms with Gasteiger partial charge in [-0.3, -0.25) is 20.2 Å². The standard InChI is InChI=1S/C13H12N2O5/c1-3-5-12(6-4-2)20-13-8-10(14(16)17)7-11(9-13)15(18)19/h3-9H,1H2,2H3/b6-4-,12-5+. The fourth-order valence-corrected chi connectivity index (χ4v) is 1.38. The van der Waals surface area contributed by atoms with Crippen LogP contribution in [0.3, 0.4) is 0 Å². The summed E-state index contributed by atoms with van der Waals surface area (Å²) in [4.78, 5) is 20.1. The highest BCUT2D eigenvalue weighted by atomic mass is 16.6. The minimum absolute atomic E-state index is 0.0112. The summed E-state index contributed by atoms with van der Waals surface area (Å²) in [5.74, 6) is 0.370. The summed E-state index contributed by atoms with van der Waals surface area (Å²) in [5.41, 5.74) is -0.819. The van der Waals surface area contributed by atoms with Crippen molar-refractivity contribution in [1.29, 1.82) is 0 Å². The normalized spacial score (nSPS) is 11.3. The van der Waals surface area contributed by atoms with Gasteiger partial charge < -0.3 is 4.74 Å². The molecule has 7 heteroatoms. The molecule has 0 N–H and O–H groups in total. The first-order chi connectivity index (χ1) is 9.47. The molecular formula is C13H12N2O5. The van der Waals surface area contributed by atoms with E-state index >= 15 is 0 Å². The molecule has 104 valence electrons. The van der Waals surface area contributed by atoms with E-state index in [4.69, 9.17) is 4.74 Å². The summed E-state index contributed by atoms with van der Waals surface area (Å²) in [7, 11) is 0. The number of hydrogen-bond donors (Lipinski definition) is 0. The van der Waals surface area contributed by atoms with E-state index in [0.29, 0.717) is 5.76 Å². The molecular weight excluding hydrogens is 264 g/mol. The van der Waals surface area contributed by atoms with Crippen LogP contribution in [-0.2, 0) is 0 Å². The van der Waals surface area contributed by atoms with E-state index in [1.807, 2.05) is 0 Å². The van der Waals surface area contributed by atoms with Crippen molar-refractivity contribution in [2.75, 3.05) is 0 Å². The van der Waals surface area contributed by atoms with Gasteiger partial charge in [-0.1, -0.05) is 18.7 Å². The molecule has 1 aromatic rings. The van der Waals surface area contributed by atoms with Gasteiger partial charge in [0.15, 0.2) is 0 Å². The van der Waals surface area contributed by atoms with Crippen LogP contribution in [0.1, 0.15) is 6.92 Å². The van der Waals surface area contributed by atoms with E-state index in [1.54, 1.807) is 19.1 Å². The fraction of sp³-hybridized carbons (Fsp3) is 0.0769. The molecule has 0 atom stereocenters. The summed E-state index contributed by atoms with van der Waals surface area (Å²) in [6.45, 7) is 5.27. The number of benzene rings is 1. The van der Waals surface area contributed by atoms with Gasteiger partial charge in [0, 0.05) is 0 Å². The zero-order valence-corrected chi connectivity index (χ0v) is 10.7. The van der Waals surface area contributed by atoms with Crippen molar-refractivity contribution in [3.63, 3.8) is 0 Å². The molecule has 0 saturated heterocycles. The van der Waals surface area contributed by atoms with Crippen LogP contribution in [-0.4, -0.2) is 9.85 Å². The molecule has 1 aromatic carbocycles. The van der Waals surface area contributed by atoms with Crippen molar-refractivity contribution in [3.05, 3.63) is 75.1 Å². The Hall–Kier alpha value is -2.96. The third kappa shape index (κ3) is 4.05. The van der Waals surface area contributed by atoms with E-state index in [9.17, 15) is 20.2 Å². The van der Waals surface area contributed by atoms with Gasteiger partial charge >= 0.3 is 0 Å². The molecule has 0 amide bonds. The van der Waals surface area contributed by atoms with Gasteiger partial charge in [-0.25, -0.2) is 0 Å². The summed E-state index contributed by atoms with van der Waals surface area (Å²) >= 11 is 0. The van der Waals surface area contributed by atoms with Gasteiger partial charge in [0.1, 0.15) is 11.5 Å². The molecule has 0 aliphatic heterocycles. The highest BCUT2D eigenvalue weighted by Gasteiger charge is 2.17. The molecule has 0 radical (unpaired) electrons. The van der Waals surface area contributed by atoms with Gasteiger partial charge in [0.25, 0.3) is 11.4 Å². The van der Waals surface area contributed by atoms with Crippen molar-refractivity contribution in [2.45, 2.75) is 6.92 Å². The summed E-state index contributed by atoms with van der Waals surface area (Å²) in [6, 6.07) is 3.11. The van der Waals surface area contributed by atoms with Crippen molar-refractivity contribution >= 4 is 11.4 Å². The molecule has 0 bridgehead atoms. The molecule has 0 aromatic heterocycles. The lowest BCUT2D eigenvalue weighted by Crippen LogP contribution is -1.97. The third-order valence-electron chi connectivity index (χ3n) is 2.15. The largest absolute Gasteiger partial charge is 0.457 e. The van der Waals surface area contributed by atoms with Gasteiger partial charge in [0.05, 0.1) is 28.0 Å². The molecule has 20 heavy (non-hydrogen) atoms. The minimum atomic E-state index is -0.716. The van der Waals surface area contributed by atoms with Gasteiger partial charge in [0.2, 0.25) is 0 Å². The number of non-ortho nitro benzene ring substituents is 2. The quantitative estimate of drug-likeness (QED) is 0.343. The molecule has 0 saturated carbocycles. The van der Waals surface area contributed by atoms with E-state index in [0.717, 1.165) is 18.2 Å². The second kappa shape index (κ2) is 6.83. The molecule has 0 aliphatic rings. The zero-order valence-electron chi connectivity index (χ0n) is 10.7. The Balaban J connectivity index is 3.23. The number of rotatable bonds is 6. The van der Waals surface area contributed by atoms with Gasteiger partial charge in [-0.15, -0.1) is 0 Å². The highest BCUT2D eigenvalue weighted by Crippen LogP contribution is 2.28. The number of nitrogens with zero attached hydrogens (tertiary/aromatic N) is 2. The first kappa shape index (κ1) is 15.1. The van der Waals surface area contributed by atoms with Crippen LogP contribution in [0.4, 0.5) is 11.4 Å². The maximum absolute atomic E-state index is 10.7. The van der Waals surface area contributed by atoms with Gasteiger partial charge in [-0.05, 0) is 19.1 Å². The lowest BCUT2D eigenvalue weighted by Gasteiger charge is -2.06. The first-order valence-corrected chi connectivity index (χ1v) is 5.55. The van der Waals surface area contributed by atoms with E-state index in [-0.39, 0.29) is 5.75 Å². The number of hydrogen-bond acceptors (Lipinski definition) is 5. The van der Waals surface area contributed by atoms with Crippen LogP contribution in [0.5, 0.6) is 5.75 Å². The minimum Gasteiger partial charge on any atom is -0.457 e. The number of nitro benzene ring substituents is 2. The van der Waals surface area contributed by atoms with Crippen molar-refractivity contribution in [1.82, 2.24) is 0 Å². The van der Waals surface area contributed by atoms with E-state index < -0.39 is 21.2 Å². The topological polar surface area (TPSA) is 95.5 Å². The third-order valence-corrected chi connectivity index (χ3v) is 2.15. The summed E-state index contributed by atoms with van der Waals surface area (Å²) in [6.07, 6.45) is 6.30. The van der Waals surface area contributed by atoms with Crippen LogP contribution < -0.4 is 4.74 Å². The SMILES string of the molecule is C=C/C=C(\C=C/C)Oc1cc([N+](=O)[O-])cc([N+](=O)[O-])c1. The Bertz CT molecular complexity index is 573. The maximum atomic E-state index is 10.7. The second-order valence-corrected chi connectivity index (χ2v) is 3.61. The molecule has 0 spiro atoms. The Labute approximate surface area is 114 Å². The van der Waals surface area contributed by atoms with Crippen LogP contribution in [0, 0.1) is 20.2 Å². The number of ether oxygens (including phenoxy) is 1. The highest BCUT2D eigenvalue weighted by molar-refractivity contribution is 5.50. The fourth-order valence-electron chi connectivity index (χ4n) is 1.38. The van der Waals surface area contributed by atoms with Crippen LogP contribution in [0.25, 0.3) is 0 Å². The van der Waals surface area contributed by atoms with Gasteiger partial charge in [-0.2, -0.15) is 0 Å². The second-order valence-electron chi connectivity index (χ2n) is 3.61. The Morgan fingerprint density at radius 3 is 2.15 bits per heavy atom. The van der Waals surface area contributed by atoms with Crippen molar-refractivity contribution in [3.8, 4) is 5.75 Å². The molecule has 0 fully saturated rings. The van der Waals surface area contributed by atoms with E-state index in [1.165, 1.54) is 12.2 Å². The zero-order chi connectivity index (χ0) is 15.1. The molecule has 0 unspecified atom stereocenters. The smallest absolute Gasteiger partial charge is 0.280 e. The van der Waals surface area contributed by atoms with Crippen molar-refractivity contribution in [2.24, 2.45) is 0 Å². The average Bonchev–Trinajstić information content (AvgIpc) is 2.38. The first-order valence-electron chi connectivity index (χ1n) is 5.55. The lowest BCUT2D eigenvalue weighted by molar-refractivity contribution is -0.394. The van der Waals surface area contributed by atoms with Crippen molar-refractivity contribution < 1.29 is 14.6 Å². The molecule has 1 rings (SSSR count). The predicted molar refractivity (Wildman–Crippen MR) is 73.5 cm³/mol. The van der Waals surface area contributed by atoms with Crippen LogP contribution >= 0.6 is 0 Å². The monoisotopic (exact) mass is 276 g/mol. The predicted octanol–water partition coefficient (Wildman–Crippen LogP) is 3.53.